The molecule has 176 valence electrons. The number of aromatic nitrogens is 2. The van der Waals surface area contributed by atoms with Crippen LogP contribution in [0.25, 0.3) is 11.1 Å². The number of sulfone groups is 1. The highest BCUT2D eigenvalue weighted by atomic mass is 32.2. The Morgan fingerprint density at radius 1 is 1.06 bits per heavy atom. The van der Waals surface area contributed by atoms with Gasteiger partial charge in [0, 0.05) is 34.8 Å². The van der Waals surface area contributed by atoms with Crippen molar-refractivity contribution in [1.82, 2.24) is 9.78 Å². The summed E-state index contributed by atoms with van der Waals surface area (Å²) in [6.45, 7) is 2.12. The van der Waals surface area contributed by atoms with E-state index in [1.807, 2.05) is 53.6 Å². The monoisotopic (exact) mass is 477 g/mol. The number of hydrogen-bond donors (Lipinski definition) is 0. The molecule has 1 saturated carbocycles. The van der Waals surface area contributed by atoms with Crippen molar-refractivity contribution in [1.29, 1.82) is 0 Å². The predicted octanol–water partition coefficient (Wildman–Crippen LogP) is 4.39. The van der Waals surface area contributed by atoms with Crippen molar-refractivity contribution in [3.8, 4) is 22.6 Å². The molecule has 0 radical (unpaired) electrons. The van der Waals surface area contributed by atoms with Crippen LogP contribution in [0.1, 0.15) is 37.8 Å². The second kappa shape index (κ2) is 7.98. The first-order chi connectivity index (χ1) is 16.4. The molecule has 2 aromatic carbocycles. The molecule has 1 aliphatic carbocycles. The lowest BCUT2D eigenvalue weighted by Gasteiger charge is -2.36. The second-order valence-electron chi connectivity index (χ2n) is 9.67. The number of para-hydroxylation sites is 1. The average Bonchev–Trinajstić information content (AvgIpc) is 3.55. The molecule has 2 aliphatic heterocycles. The number of ether oxygens (including phenoxy) is 1. The fourth-order valence-electron chi connectivity index (χ4n) is 4.98. The van der Waals surface area contributed by atoms with E-state index in [-0.39, 0.29) is 35.4 Å². The number of rotatable bonds is 5. The van der Waals surface area contributed by atoms with Crippen molar-refractivity contribution in [2.45, 2.75) is 44.7 Å². The topological polar surface area (TPSA) is 81.5 Å². The summed E-state index contributed by atoms with van der Waals surface area (Å²) >= 11 is 0. The summed E-state index contributed by atoms with van der Waals surface area (Å²) in [5, 5.41) is 4.46. The van der Waals surface area contributed by atoms with E-state index in [0.717, 1.165) is 59.6 Å². The first-order valence-electron chi connectivity index (χ1n) is 11.9. The number of benzene rings is 2. The summed E-state index contributed by atoms with van der Waals surface area (Å²) in [6.07, 6.45) is 7.30. The Bertz CT molecular complexity index is 1350. The molecule has 0 spiro atoms. The van der Waals surface area contributed by atoms with Gasteiger partial charge in [-0.2, -0.15) is 5.10 Å². The van der Waals surface area contributed by atoms with Gasteiger partial charge in [-0.3, -0.25) is 9.48 Å². The minimum absolute atomic E-state index is 0.123. The molecule has 2 fully saturated rings. The van der Waals surface area contributed by atoms with E-state index in [2.05, 4.69) is 12.0 Å². The number of carbonyl (C=O) groups is 1. The average molecular weight is 478 g/mol. The molecular formula is C26H27N3O4S. The SMILES string of the molecule is C[C@H]1CCc2c(ccc(-c3cnn(C4CS(=O)(=O)C4)c3)c2Oc2ccccc2)N1C(=O)C1CC1. The molecule has 0 N–H and O–H groups in total. The third-order valence-corrected chi connectivity index (χ3v) is 8.84. The normalized spacial score (nSPS) is 21.6. The van der Waals surface area contributed by atoms with Gasteiger partial charge in [0.1, 0.15) is 11.5 Å². The molecule has 1 saturated heterocycles. The summed E-state index contributed by atoms with van der Waals surface area (Å²) in [7, 11) is -2.94. The van der Waals surface area contributed by atoms with Crippen LogP contribution in [-0.2, 0) is 21.1 Å². The minimum atomic E-state index is -2.94. The highest BCUT2D eigenvalue weighted by molar-refractivity contribution is 7.92. The van der Waals surface area contributed by atoms with E-state index in [1.54, 1.807) is 10.9 Å². The number of anilines is 1. The maximum atomic E-state index is 13.2. The maximum absolute atomic E-state index is 13.2. The lowest BCUT2D eigenvalue weighted by Crippen LogP contribution is -2.43. The highest BCUT2D eigenvalue weighted by Gasteiger charge is 2.39. The van der Waals surface area contributed by atoms with Gasteiger partial charge in [0.25, 0.3) is 0 Å². The van der Waals surface area contributed by atoms with Crippen LogP contribution in [0.3, 0.4) is 0 Å². The quantitative estimate of drug-likeness (QED) is 0.544. The van der Waals surface area contributed by atoms with Crippen LogP contribution < -0.4 is 9.64 Å². The Balaban J connectivity index is 1.43. The number of amides is 1. The van der Waals surface area contributed by atoms with Gasteiger partial charge in [-0.1, -0.05) is 18.2 Å². The van der Waals surface area contributed by atoms with Gasteiger partial charge in [0.2, 0.25) is 5.91 Å². The number of hydrogen-bond acceptors (Lipinski definition) is 5. The summed E-state index contributed by atoms with van der Waals surface area (Å²) in [5.41, 5.74) is 3.73. The van der Waals surface area contributed by atoms with Crippen LogP contribution in [0.5, 0.6) is 11.5 Å². The van der Waals surface area contributed by atoms with Gasteiger partial charge in [-0.25, -0.2) is 8.42 Å². The summed E-state index contributed by atoms with van der Waals surface area (Å²) in [4.78, 5) is 15.1. The van der Waals surface area contributed by atoms with Crippen LogP contribution in [-0.4, -0.2) is 41.7 Å². The molecule has 1 amide bonds. The van der Waals surface area contributed by atoms with E-state index < -0.39 is 9.84 Å². The fourth-order valence-corrected chi connectivity index (χ4v) is 6.36. The summed E-state index contributed by atoms with van der Waals surface area (Å²) in [5.74, 6) is 2.08. The molecule has 1 aromatic heterocycles. The van der Waals surface area contributed by atoms with Gasteiger partial charge in [0.05, 0.1) is 29.4 Å². The predicted molar refractivity (Wildman–Crippen MR) is 130 cm³/mol. The van der Waals surface area contributed by atoms with Crippen LogP contribution >= 0.6 is 0 Å². The zero-order valence-electron chi connectivity index (χ0n) is 19.1. The first kappa shape index (κ1) is 21.4. The van der Waals surface area contributed by atoms with Gasteiger partial charge >= 0.3 is 0 Å². The zero-order valence-corrected chi connectivity index (χ0v) is 19.9. The Morgan fingerprint density at radius 3 is 2.53 bits per heavy atom. The number of carbonyl (C=O) groups excluding carboxylic acids is 1. The summed E-state index contributed by atoms with van der Waals surface area (Å²) in [6, 6.07) is 13.7. The molecule has 1 atom stereocenters. The van der Waals surface area contributed by atoms with Crippen molar-refractivity contribution in [2.24, 2.45) is 5.92 Å². The Kier molecular flexibility index (Phi) is 5.02. The summed E-state index contributed by atoms with van der Waals surface area (Å²) < 4.78 is 31.5. The molecule has 3 aliphatic rings. The van der Waals surface area contributed by atoms with Crippen LogP contribution in [0.4, 0.5) is 5.69 Å². The van der Waals surface area contributed by atoms with Crippen molar-refractivity contribution in [3.05, 3.63) is 60.4 Å². The van der Waals surface area contributed by atoms with Crippen molar-refractivity contribution >= 4 is 21.4 Å². The Morgan fingerprint density at radius 2 is 1.82 bits per heavy atom. The van der Waals surface area contributed by atoms with Gasteiger partial charge in [0.15, 0.2) is 9.84 Å². The molecule has 0 bridgehead atoms. The zero-order chi connectivity index (χ0) is 23.4. The minimum Gasteiger partial charge on any atom is -0.456 e. The Labute approximate surface area is 199 Å². The third kappa shape index (κ3) is 3.79. The van der Waals surface area contributed by atoms with Gasteiger partial charge < -0.3 is 9.64 Å². The maximum Gasteiger partial charge on any atom is 0.230 e. The van der Waals surface area contributed by atoms with Crippen LogP contribution in [0.15, 0.2) is 54.9 Å². The molecule has 3 heterocycles. The first-order valence-corrected chi connectivity index (χ1v) is 13.7. The van der Waals surface area contributed by atoms with E-state index >= 15 is 0 Å². The van der Waals surface area contributed by atoms with E-state index in [9.17, 15) is 13.2 Å². The van der Waals surface area contributed by atoms with Crippen molar-refractivity contribution < 1.29 is 17.9 Å². The Hall–Kier alpha value is -3.13. The van der Waals surface area contributed by atoms with Gasteiger partial charge in [-0.05, 0) is 56.9 Å². The van der Waals surface area contributed by atoms with Crippen molar-refractivity contribution in [2.75, 3.05) is 16.4 Å². The fraction of sp³-hybridized carbons (Fsp3) is 0.385. The lowest BCUT2D eigenvalue weighted by molar-refractivity contribution is -0.120. The van der Waals surface area contributed by atoms with Crippen LogP contribution in [0, 0.1) is 5.92 Å². The molecular weight excluding hydrogens is 450 g/mol. The highest BCUT2D eigenvalue weighted by Crippen LogP contribution is 2.46. The number of nitrogens with zero attached hydrogens (tertiary/aromatic N) is 3. The van der Waals surface area contributed by atoms with E-state index in [4.69, 9.17) is 4.74 Å². The number of fused-ring (bicyclic) bond motifs is 1. The molecule has 3 aromatic rings. The largest absolute Gasteiger partial charge is 0.456 e. The molecule has 8 heteroatoms. The van der Waals surface area contributed by atoms with Gasteiger partial charge in [-0.15, -0.1) is 0 Å². The smallest absolute Gasteiger partial charge is 0.230 e. The molecule has 7 nitrogen and oxygen atoms in total. The molecule has 34 heavy (non-hydrogen) atoms. The lowest BCUT2D eigenvalue weighted by atomic mass is 9.92. The van der Waals surface area contributed by atoms with E-state index in [0.29, 0.717) is 0 Å². The second-order valence-corrected chi connectivity index (χ2v) is 11.8. The standard InChI is InChI=1S/C26H27N3O4S/c1-17-7-10-23-24(29(17)26(30)18-8-9-18)12-11-22(25(23)33-21-5-3-2-4-6-21)19-13-27-28(14-19)20-15-34(31,32)16-20/h2-6,11-14,17-18,20H,7-10,15-16H2,1H3/t17-/m0/s1. The molecule has 6 rings (SSSR count). The van der Waals surface area contributed by atoms with Crippen LogP contribution in [0.2, 0.25) is 0 Å². The van der Waals surface area contributed by atoms with Crippen molar-refractivity contribution in [3.63, 3.8) is 0 Å². The molecule has 0 unspecified atom stereocenters. The van der Waals surface area contributed by atoms with E-state index in [1.165, 1.54) is 0 Å². The third-order valence-electron chi connectivity index (χ3n) is 7.05.